The summed E-state index contributed by atoms with van der Waals surface area (Å²) in [6.07, 6.45) is 2.24. The Kier molecular flexibility index (Phi) is 5.32. The molecule has 1 N–H and O–H groups in total. The third-order valence-electron chi connectivity index (χ3n) is 4.53. The molecule has 1 saturated carbocycles. The number of rotatable bonds is 7. The first-order valence-corrected chi connectivity index (χ1v) is 10.9. The average molecular weight is 413 g/mol. The second-order valence-corrected chi connectivity index (χ2v) is 9.02. The van der Waals surface area contributed by atoms with Crippen LogP contribution in [0.3, 0.4) is 0 Å². The van der Waals surface area contributed by atoms with Crippen molar-refractivity contribution in [3.05, 3.63) is 47.3 Å². The first-order chi connectivity index (χ1) is 13.5. The van der Waals surface area contributed by atoms with E-state index >= 15 is 0 Å². The summed E-state index contributed by atoms with van der Waals surface area (Å²) in [5.74, 6) is 0.777. The van der Waals surface area contributed by atoms with Crippen LogP contribution in [0, 0.1) is 0 Å². The molecule has 1 aromatic carbocycles. The van der Waals surface area contributed by atoms with Gasteiger partial charge < -0.3 is 5.32 Å². The summed E-state index contributed by atoms with van der Waals surface area (Å²) in [6, 6.07) is 11.4. The van der Waals surface area contributed by atoms with Crippen LogP contribution < -0.4 is 5.32 Å². The van der Waals surface area contributed by atoms with Crippen LogP contribution in [0.25, 0.3) is 10.7 Å². The van der Waals surface area contributed by atoms with Gasteiger partial charge in [0.15, 0.2) is 16.8 Å². The summed E-state index contributed by atoms with van der Waals surface area (Å²) in [6.45, 7) is 3.38. The molecule has 2 aromatic heterocycles. The Labute approximate surface area is 171 Å². The SMILES string of the molecule is CC(=O)c1ccc(NC(=O)[C@@H](C)Sc2nnc(-c3cccs3)n2C2CC2)cc1. The molecular formula is C20H20N4O2S2. The molecule has 0 aliphatic heterocycles. The average Bonchev–Trinajstić information content (AvgIpc) is 3.20. The van der Waals surface area contributed by atoms with E-state index in [2.05, 4.69) is 20.1 Å². The molecule has 0 unspecified atom stereocenters. The van der Waals surface area contributed by atoms with E-state index < -0.39 is 0 Å². The fraction of sp³-hybridized carbons (Fsp3) is 0.300. The minimum Gasteiger partial charge on any atom is -0.325 e. The van der Waals surface area contributed by atoms with E-state index in [1.165, 1.54) is 18.7 Å². The van der Waals surface area contributed by atoms with Gasteiger partial charge in [0.2, 0.25) is 5.91 Å². The van der Waals surface area contributed by atoms with Gasteiger partial charge in [0.25, 0.3) is 0 Å². The molecule has 0 radical (unpaired) electrons. The number of thiophene rings is 1. The molecule has 0 spiro atoms. The van der Waals surface area contributed by atoms with Gasteiger partial charge in [-0.2, -0.15) is 0 Å². The van der Waals surface area contributed by atoms with Crippen molar-refractivity contribution in [3.63, 3.8) is 0 Å². The molecule has 0 bridgehead atoms. The largest absolute Gasteiger partial charge is 0.325 e. The smallest absolute Gasteiger partial charge is 0.237 e. The normalized spacial score (nSPS) is 14.6. The van der Waals surface area contributed by atoms with Crippen molar-refractivity contribution in [2.24, 2.45) is 0 Å². The van der Waals surface area contributed by atoms with Crippen LogP contribution in [-0.2, 0) is 4.79 Å². The van der Waals surface area contributed by atoms with Gasteiger partial charge in [0, 0.05) is 17.3 Å². The van der Waals surface area contributed by atoms with E-state index in [1.807, 2.05) is 24.4 Å². The molecule has 0 saturated heterocycles. The van der Waals surface area contributed by atoms with E-state index in [4.69, 9.17) is 0 Å². The van der Waals surface area contributed by atoms with Gasteiger partial charge in [-0.3, -0.25) is 14.2 Å². The third kappa shape index (κ3) is 4.02. The number of thioether (sulfide) groups is 1. The predicted octanol–water partition coefficient (Wildman–Crippen LogP) is 4.66. The van der Waals surface area contributed by atoms with Crippen LogP contribution in [-0.4, -0.2) is 31.7 Å². The zero-order valence-corrected chi connectivity index (χ0v) is 17.2. The highest BCUT2D eigenvalue weighted by atomic mass is 32.2. The van der Waals surface area contributed by atoms with E-state index in [0.29, 0.717) is 17.3 Å². The summed E-state index contributed by atoms with van der Waals surface area (Å²) >= 11 is 3.06. The van der Waals surface area contributed by atoms with Gasteiger partial charge in [0.05, 0.1) is 10.1 Å². The van der Waals surface area contributed by atoms with Crippen molar-refractivity contribution in [1.29, 1.82) is 0 Å². The number of Topliss-reactive ketones (excluding diaryl/α,β-unsaturated/α-hetero) is 1. The van der Waals surface area contributed by atoms with Crippen LogP contribution >= 0.6 is 23.1 Å². The predicted molar refractivity (Wildman–Crippen MR) is 112 cm³/mol. The number of anilines is 1. The fourth-order valence-electron chi connectivity index (χ4n) is 2.84. The Morgan fingerprint density at radius 3 is 2.57 bits per heavy atom. The van der Waals surface area contributed by atoms with E-state index in [-0.39, 0.29) is 16.9 Å². The second-order valence-electron chi connectivity index (χ2n) is 6.77. The lowest BCUT2D eigenvalue weighted by Crippen LogP contribution is -2.23. The van der Waals surface area contributed by atoms with Gasteiger partial charge in [-0.1, -0.05) is 17.8 Å². The van der Waals surface area contributed by atoms with Crippen LogP contribution in [0.15, 0.2) is 46.9 Å². The second kappa shape index (κ2) is 7.89. The number of hydrogen-bond donors (Lipinski definition) is 1. The highest BCUT2D eigenvalue weighted by molar-refractivity contribution is 8.00. The Bertz CT molecular complexity index is 992. The highest BCUT2D eigenvalue weighted by Crippen LogP contribution is 2.42. The minimum absolute atomic E-state index is 0.00255. The number of nitrogens with zero attached hydrogens (tertiary/aromatic N) is 3. The van der Waals surface area contributed by atoms with Crippen molar-refractivity contribution < 1.29 is 9.59 Å². The quantitative estimate of drug-likeness (QED) is 0.451. The summed E-state index contributed by atoms with van der Waals surface area (Å²) in [5, 5.41) is 14.1. The maximum Gasteiger partial charge on any atom is 0.237 e. The number of carbonyl (C=O) groups excluding carboxylic acids is 2. The lowest BCUT2D eigenvalue weighted by atomic mass is 10.1. The molecule has 1 atom stereocenters. The number of hydrogen-bond acceptors (Lipinski definition) is 6. The molecule has 4 rings (SSSR count). The fourth-order valence-corrected chi connectivity index (χ4v) is 4.46. The third-order valence-corrected chi connectivity index (χ3v) is 6.45. The number of carbonyl (C=O) groups is 2. The number of nitrogens with one attached hydrogen (secondary N) is 1. The van der Waals surface area contributed by atoms with Crippen molar-refractivity contribution in [2.75, 3.05) is 5.32 Å². The molecule has 3 aromatic rings. The summed E-state index contributed by atoms with van der Waals surface area (Å²) in [7, 11) is 0. The lowest BCUT2D eigenvalue weighted by molar-refractivity contribution is -0.115. The Balaban J connectivity index is 1.47. The van der Waals surface area contributed by atoms with E-state index in [9.17, 15) is 9.59 Å². The van der Waals surface area contributed by atoms with Crippen LogP contribution in [0.5, 0.6) is 0 Å². The number of benzene rings is 1. The Morgan fingerprint density at radius 1 is 1.21 bits per heavy atom. The number of amides is 1. The molecular weight excluding hydrogens is 392 g/mol. The summed E-state index contributed by atoms with van der Waals surface area (Å²) < 4.78 is 2.17. The van der Waals surface area contributed by atoms with Crippen LogP contribution in [0.2, 0.25) is 0 Å². The first kappa shape index (κ1) is 18.9. The van der Waals surface area contributed by atoms with Crippen molar-refractivity contribution in [3.8, 4) is 10.7 Å². The highest BCUT2D eigenvalue weighted by Gasteiger charge is 2.31. The summed E-state index contributed by atoms with van der Waals surface area (Å²) in [5.41, 5.74) is 1.30. The van der Waals surface area contributed by atoms with Gasteiger partial charge in [-0.15, -0.1) is 21.5 Å². The van der Waals surface area contributed by atoms with Gasteiger partial charge in [-0.25, -0.2) is 0 Å². The van der Waals surface area contributed by atoms with Gasteiger partial charge in [-0.05, 0) is 62.4 Å². The molecule has 1 fully saturated rings. The molecule has 1 amide bonds. The monoisotopic (exact) mass is 412 g/mol. The number of ketones is 1. The van der Waals surface area contributed by atoms with Crippen LogP contribution in [0.4, 0.5) is 5.69 Å². The van der Waals surface area contributed by atoms with E-state index in [0.717, 1.165) is 28.7 Å². The first-order valence-electron chi connectivity index (χ1n) is 9.10. The van der Waals surface area contributed by atoms with Crippen LogP contribution in [0.1, 0.15) is 43.1 Å². The van der Waals surface area contributed by atoms with Crippen molar-refractivity contribution >= 4 is 40.5 Å². The number of aromatic nitrogens is 3. The Hall–Kier alpha value is -2.45. The molecule has 28 heavy (non-hydrogen) atoms. The van der Waals surface area contributed by atoms with Gasteiger partial charge in [0.1, 0.15) is 0 Å². The minimum atomic E-state index is -0.328. The maximum absolute atomic E-state index is 12.6. The molecule has 144 valence electrons. The topological polar surface area (TPSA) is 76.9 Å². The molecule has 8 heteroatoms. The standard InChI is InChI=1S/C20H20N4O2S2/c1-12(25)14-5-7-15(8-6-14)21-19(26)13(2)28-20-23-22-18(17-4-3-11-27-17)24(20)16-9-10-16/h3-8,11,13,16H,9-10H2,1-2H3,(H,21,26)/t13-/m1/s1. The van der Waals surface area contributed by atoms with Crippen molar-refractivity contribution in [2.45, 2.75) is 43.1 Å². The molecule has 6 nitrogen and oxygen atoms in total. The van der Waals surface area contributed by atoms with Crippen molar-refractivity contribution in [1.82, 2.24) is 14.8 Å². The lowest BCUT2D eigenvalue weighted by Gasteiger charge is -2.13. The molecule has 1 aliphatic rings. The van der Waals surface area contributed by atoms with Gasteiger partial charge >= 0.3 is 0 Å². The zero-order valence-electron chi connectivity index (χ0n) is 15.6. The molecule has 2 heterocycles. The summed E-state index contributed by atoms with van der Waals surface area (Å²) in [4.78, 5) is 25.1. The van der Waals surface area contributed by atoms with E-state index in [1.54, 1.807) is 35.6 Å². The Morgan fingerprint density at radius 2 is 1.96 bits per heavy atom. The zero-order chi connectivity index (χ0) is 19.7. The maximum atomic E-state index is 12.6. The molecule has 1 aliphatic carbocycles.